The molecule has 1 aliphatic heterocycles. The van der Waals surface area contributed by atoms with Crippen molar-refractivity contribution < 1.29 is 0 Å². The number of hydrogen-bond donors (Lipinski definition) is 1. The summed E-state index contributed by atoms with van der Waals surface area (Å²) in [5.74, 6) is 1.62. The average Bonchev–Trinajstić information content (AvgIpc) is 2.72. The van der Waals surface area contributed by atoms with Crippen molar-refractivity contribution in [3.05, 3.63) is 71.4 Å². The quantitative estimate of drug-likeness (QED) is 0.731. The minimum absolute atomic E-state index is 0.646. The normalized spacial score (nSPS) is 14.2. The van der Waals surface area contributed by atoms with Crippen LogP contribution in [0.25, 0.3) is 0 Å². The van der Waals surface area contributed by atoms with Crippen LogP contribution in [0.2, 0.25) is 0 Å². The summed E-state index contributed by atoms with van der Waals surface area (Å²) in [4.78, 5) is 14.0. The summed E-state index contributed by atoms with van der Waals surface area (Å²) >= 11 is 0. The summed E-state index contributed by atoms with van der Waals surface area (Å²) < 4.78 is 0. The average molecular weight is 374 g/mol. The van der Waals surface area contributed by atoms with Gasteiger partial charge in [0, 0.05) is 43.8 Å². The summed E-state index contributed by atoms with van der Waals surface area (Å²) in [6.45, 7) is 10.3. The first kappa shape index (κ1) is 18.3. The molecule has 5 nitrogen and oxygen atoms in total. The molecule has 3 aromatic rings. The molecule has 2 aromatic carbocycles. The van der Waals surface area contributed by atoms with Crippen molar-refractivity contribution in [1.82, 2.24) is 9.97 Å². The molecule has 0 radical (unpaired) electrons. The topological polar surface area (TPSA) is 44.3 Å². The molecular formula is C23H27N5. The van der Waals surface area contributed by atoms with E-state index in [2.05, 4.69) is 83.3 Å². The maximum absolute atomic E-state index is 4.76. The molecule has 0 unspecified atom stereocenters. The van der Waals surface area contributed by atoms with Crippen molar-refractivity contribution in [2.24, 2.45) is 0 Å². The molecule has 0 atom stereocenters. The second-order valence-electron chi connectivity index (χ2n) is 7.42. The number of benzene rings is 2. The fraction of sp³-hybridized carbons (Fsp3) is 0.304. The predicted molar refractivity (Wildman–Crippen MR) is 117 cm³/mol. The van der Waals surface area contributed by atoms with Crippen molar-refractivity contribution in [2.75, 3.05) is 41.3 Å². The molecule has 1 aliphatic rings. The minimum atomic E-state index is 0.646. The molecule has 1 fully saturated rings. The van der Waals surface area contributed by atoms with Crippen LogP contribution >= 0.6 is 0 Å². The number of anilines is 4. The monoisotopic (exact) mass is 373 g/mol. The van der Waals surface area contributed by atoms with Crippen molar-refractivity contribution in [3.63, 3.8) is 0 Å². The predicted octanol–water partition coefficient (Wildman–Crippen LogP) is 4.47. The van der Waals surface area contributed by atoms with E-state index in [-0.39, 0.29) is 0 Å². The van der Waals surface area contributed by atoms with E-state index in [0.29, 0.717) is 5.95 Å². The van der Waals surface area contributed by atoms with E-state index in [1.165, 1.54) is 22.4 Å². The SMILES string of the molecule is Cc1cccc(N2CCN(c3ccnc(Nc4cccc(C)c4C)n3)CC2)c1. The van der Waals surface area contributed by atoms with Gasteiger partial charge < -0.3 is 15.1 Å². The van der Waals surface area contributed by atoms with Gasteiger partial charge in [0.25, 0.3) is 0 Å². The van der Waals surface area contributed by atoms with Gasteiger partial charge in [0.15, 0.2) is 0 Å². The Morgan fingerprint density at radius 3 is 2.39 bits per heavy atom. The third kappa shape index (κ3) is 3.93. The fourth-order valence-corrected chi connectivity index (χ4v) is 3.61. The minimum Gasteiger partial charge on any atom is -0.368 e. The van der Waals surface area contributed by atoms with Crippen LogP contribution in [0.1, 0.15) is 16.7 Å². The highest BCUT2D eigenvalue weighted by molar-refractivity contribution is 5.61. The Hall–Kier alpha value is -3.08. The first-order valence-corrected chi connectivity index (χ1v) is 9.83. The molecule has 0 aliphatic carbocycles. The molecule has 2 heterocycles. The first-order chi connectivity index (χ1) is 13.6. The van der Waals surface area contributed by atoms with Crippen molar-refractivity contribution >= 4 is 23.1 Å². The molecule has 4 rings (SSSR count). The third-order valence-corrected chi connectivity index (χ3v) is 5.46. The Labute approximate surface area is 167 Å². The number of hydrogen-bond acceptors (Lipinski definition) is 5. The molecule has 1 aromatic heterocycles. The molecule has 144 valence electrons. The molecule has 28 heavy (non-hydrogen) atoms. The summed E-state index contributed by atoms with van der Waals surface area (Å²) in [6, 6.07) is 17.0. The van der Waals surface area contributed by atoms with Gasteiger partial charge in [-0.05, 0) is 61.7 Å². The lowest BCUT2D eigenvalue weighted by molar-refractivity contribution is 0.647. The molecule has 0 amide bonds. The lowest BCUT2D eigenvalue weighted by atomic mass is 10.1. The smallest absolute Gasteiger partial charge is 0.229 e. The van der Waals surface area contributed by atoms with E-state index in [9.17, 15) is 0 Å². The van der Waals surface area contributed by atoms with E-state index >= 15 is 0 Å². The lowest BCUT2D eigenvalue weighted by Crippen LogP contribution is -2.46. The molecule has 0 saturated carbocycles. The largest absolute Gasteiger partial charge is 0.368 e. The van der Waals surface area contributed by atoms with E-state index in [1.54, 1.807) is 0 Å². The van der Waals surface area contributed by atoms with Crippen LogP contribution in [0.3, 0.4) is 0 Å². The number of piperazine rings is 1. The summed E-state index contributed by atoms with van der Waals surface area (Å²) in [5, 5.41) is 3.37. The van der Waals surface area contributed by atoms with Gasteiger partial charge in [0.1, 0.15) is 5.82 Å². The first-order valence-electron chi connectivity index (χ1n) is 9.83. The van der Waals surface area contributed by atoms with Crippen LogP contribution < -0.4 is 15.1 Å². The van der Waals surface area contributed by atoms with Crippen LogP contribution in [0, 0.1) is 20.8 Å². The standard InChI is InChI=1S/C23H27N5/c1-17-6-4-8-20(16-17)27-12-14-28(15-13-27)22-10-11-24-23(26-22)25-21-9-5-7-18(2)19(21)3/h4-11,16H,12-15H2,1-3H3,(H,24,25,26). The number of nitrogens with one attached hydrogen (secondary N) is 1. The Balaban J connectivity index is 1.44. The van der Waals surface area contributed by atoms with E-state index in [4.69, 9.17) is 4.98 Å². The maximum atomic E-state index is 4.76. The molecule has 0 bridgehead atoms. The van der Waals surface area contributed by atoms with Crippen LogP contribution in [-0.2, 0) is 0 Å². The second kappa shape index (κ2) is 7.89. The third-order valence-electron chi connectivity index (χ3n) is 5.46. The zero-order valence-electron chi connectivity index (χ0n) is 16.8. The van der Waals surface area contributed by atoms with Crippen LogP contribution in [-0.4, -0.2) is 36.1 Å². The lowest BCUT2D eigenvalue weighted by Gasteiger charge is -2.36. The Morgan fingerprint density at radius 2 is 1.61 bits per heavy atom. The van der Waals surface area contributed by atoms with Gasteiger partial charge in [-0.2, -0.15) is 4.98 Å². The fourth-order valence-electron chi connectivity index (χ4n) is 3.61. The van der Waals surface area contributed by atoms with E-state index < -0.39 is 0 Å². The van der Waals surface area contributed by atoms with Crippen LogP contribution in [0.4, 0.5) is 23.1 Å². The van der Waals surface area contributed by atoms with Crippen molar-refractivity contribution in [2.45, 2.75) is 20.8 Å². The molecule has 1 N–H and O–H groups in total. The van der Waals surface area contributed by atoms with E-state index in [0.717, 1.165) is 37.7 Å². The number of aryl methyl sites for hydroxylation is 2. The maximum Gasteiger partial charge on any atom is 0.229 e. The second-order valence-corrected chi connectivity index (χ2v) is 7.42. The Morgan fingerprint density at radius 1 is 0.857 bits per heavy atom. The Bertz CT molecular complexity index is 961. The Kier molecular flexibility index (Phi) is 5.15. The highest BCUT2D eigenvalue weighted by Crippen LogP contribution is 2.23. The zero-order chi connectivity index (χ0) is 19.5. The number of rotatable bonds is 4. The van der Waals surface area contributed by atoms with Gasteiger partial charge in [-0.1, -0.05) is 24.3 Å². The van der Waals surface area contributed by atoms with Gasteiger partial charge >= 0.3 is 0 Å². The van der Waals surface area contributed by atoms with Gasteiger partial charge in [-0.25, -0.2) is 4.98 Å². The van der Waals surface area contributed by atoms with Crippen molar-refractivity contribution in [3.8, 4) is 0 Å². The van der Waals surface area contributed by atoms with Gasteiger partial charge in [0.2, 0.25) is 5.95 Å². The number of aromatic nitrogens is 2. The van der Waals surface area contributed by atoms with Gasteiger partial charge in [-0.15, -0.1) is 0 Å². The van der Waals surface area contributed by atoms with Crippen LogP contribution in [0.5, 0.6) is 0 Å². The summed E-state index contributed by atoms with van der Waals surface area (Å²) in [5.41, 5.74) is 6.15. The highest BCUT2D eigenvalue weighted by Gasteiger charge is 2.19. The molecule has 0 spiro atoms. The summed E-state index contributed by atoms with van der Waals surface area (Å²) in [7, 11) is 0. The molecule has 1 saturated heterocycles. The molecule has 5 heteroatoms. The number of nitrogens with zero attached hydrogens (tertiary/aromatic N) is 4. The van der Waals surface area contributed by atoms with Gasteiger partial charge in [0.05, 0.1) is 0 Å². The van der Waals surface area contributed by atoms with E-state index in [1.807, 2.05) is 12.3 Å². The highest BCUT2D eigenvalue weighted by atomic mass is 15.3. The van der Waals surface area contributed by atoms with Crippen LogP contribution in [0.15, 0.2) is 54.7 Å². The summed E-state index contributed by atoms with van der Waals surface area (Å²) in [6.07, 6.45) is 1.84. The molecular weight excluding hydrogens is 346 g/mol. The van der Waals surface area contributed by atoms with Gasteiger partial charge in [-0.3, -0.25) is 0 Å². The zero-order valence-corrected chi connectivity index (χ0v) is 16.8. The van der Waals surface area contributed by atoms with Crippen molar-refractivity contribution in [1.29, 1.82) is 0 Å².